The van der Waals surface area contributed by atoms with Gasteiger partial charge in [0.1, 0.15) is 36.8 Å². The van der Waals surface area contributed by atoms with E-state index < -0.39 is 71.8 Å². The van der Waals surface area contributed by atoms with Gasteiger partial charge < -0.3 is 23.7 Å². The zero-order valence-electron chi connectivity index (χ0n) is 36.4. The van der Waals surface area contributed by atoms with Gasteiger partial charge in [-0.3, -0.25) is 37.7 Å². The van der Waals surface area contributed by atoms with Gasteiger partial charge in [0, 0.05) is 42.1 Å². The number of thiol groups is 1. The summed E-state index contributed by atoms with van der Waals surface area (Å²) in [6.45, 7) is 0.587. The first-order valence-electron chi connectivity index (χ1n) is 20.8. The van der Waals surface area contributed by atoms with Crippen molar-refractivity contribution in [1.82, 2.24) is 19.1 Å². The van der Waals surface area contributed by atoms with Crippen LogP contribution in [0.15, 0.2) is 110 Å². The Morgan fingerprint density at radius 2 is 1.29 bits per heavy atom. The Morgan fingerprint density at radius 3 is 1.79 bits per heavy atom. The molecular weight excluding hydrogens is 872 g/mol. The van der Waals surface area contributed by atoms with Gasteiger partial charge in [-0.2, -0.15) is 12.5 Å². The number of hydrogen-bond donors (Lipinski definition) is 3. The van der Waals surface area contributed by atoms with Gasteiger partial charge in [-0.25, -0.2) is 14.2 Å². The van der Waals surface area contributed by atoms with Crippen molar-refractivity contribution in [2.24, 2.45) is 0 Å². The van der Waals surface area contributed by atoms with Crippen LogP contribution in [0.2, 0.25) is 0 Å². The molecule has 0 aliphatic carbocycles. The van der Waals surface area contributed by atoms with Crippen molar-refractivity contribution in [1.29, 1.82) is 1.12 Å². The molecule has 2 aliphatic heterocycles. The van der Waals surface area contributed by atoms with Gasteiger partial charge in [0.25, 0.3) is 11.1 Å². The highest BCUT2D eigenvalue weighted by molar-refractivity contribution is 8.55. The lowest BCUT2D eigenvalue weighted by molar-refractivity contribution is -0.0976. The minimum absolute atomic E-state index is 0.0947. The molecule has 336 valence electrons. The maximum Gasteiger partial charge on any atom is 0.389 e. The van der Waals surface area contributed by atoms with Crippen LogP contribution in [0.3, 0.4) is 0 Å². The van der Waals surface area contributed by atoms with Gasteiger partial charge in [0.15, 0.2) is 0 Å². The second kappa shape index (κ2) is 20.0. The summed E-state index contributed by atoms with van der Waals surface area (Å²) in [6, 6.07) is 24.6. The molecule has 0 radical (unpaired) electrons. The van der Waals surface area contributed by atoms with Crippen molar-refractivity contribution in [2.75, 3.05) is 32.3 Å². The molecule has 16 nitrogen and oxygen atoms in total. The van der Waals surface area contributed by atoms with Gasteiger partial charge in [0.2, 0.25) is 0 Å². The Hall–Kier alpha value is -4.65. The molecule has 3 aromatic carbocycles. The van der Waals surface area contributed by atoms with Crippen LogP contribution in [-0.2, 0) is 33.4 Å². The van der Waals surface area contributed by atoms with Crippen molar-refractivity contribution in [3.63, 3.8) is 0 Å². The van der Waals surface area contributed by atoms with Crippen LogP contribution >= 0.6 is 30.7 Å². The second-order valence-corrected chi connectivity index (χ2v) is 19.7. The fraction of sp³-hybridized carbons (Fsp3) is 0.409. The first-order chi connectivity index (χ1) is 30.8. The number of aryl methyl sites for hydroxylation is 2. The summed E-state index contributed by atoms with van der Waals surface area (Å²) < 4.78 is 69.4. The maximum absolute atomic E-state index is 15.0. The Balaban J connectivity index is 1.27. The van der Waals surface area contributed by atoms with Crippen LogP contribution in [0, 0.1) is 13.8 Å². The summed E-state index contributed by atoms with van der Waals surface area (Å²) in [7, 11) is 3.17. The van der Waals surface area contributed by atoms with Crippen molar-refractivity contribution in [2.45, 2.75) is 82.5 Å². The van der Waals surface area contributed by atoms with E-state index in [0.717, 1.165) is 40.6 Å². The first kappa shape index (κ1) is 44.9. The molecule has 5 aromatic rings. The third-order valence-corrected chi connectivity index (χ3v) is 15.4. The molecule has 7 rings (SSSR count). The van der Waals surface area contributed by atoms with E-state index in [1.807, 2.05) is 85.8 Å². The van der Waals surface area contributed by atoms with E-state index >= 15 is 0 Å². The van der Waals surface area contributed by atoms with Gasteiger partial charge in [-0.15, -0.1) is 0 Å². The van der Waals surface area contributed by atoms with Crippen LogP contribution in [0.5, 0.6) is 11.5 Å². The van der Waals surface area contributed by atoms with Crippen molar-refractivity contribution in [3.8, 4) is 11.5 Å². The molecule has 0 amide bonds. The van der Waals surface area contributed by atoms with Crippen molar-refractivity contribution in [3.05, 3.63) is 161 Å². The third-order valence-electron chi connectivity index (χ3n) is 11.2. The van der Waals surface area contributed by atoms with E-state index in [-0.39, 0.29) is 25.2 Å². The molecule has 2 N–H and O–H groups in total. The Morgan fingerprint density at radius 1 is 0.778 bits per heavy atom. The van der Waals surface area contributed by atoms with Gasteiger partial charge >= 0.3 is 18.2 Å². The number of benzene rings is 3. The molecule has 7 atom stereocenters. The molecule has 4 heterocycles. The monoisotopic (exact) mass is 924 g/mol. The fourth-order valence-corrected chi connectivity index (χ4v) is 11.8. The second-order valence-electron chi connectivity index (χ2n) is 15.2. The highest BCUT2D eigenvalue weighted by Crippen LogP contribution is 2.63. The molecule has 0 saturated carbocycles. The molecule has 2 aromatic heterocycles. The van der Waals surface area contributed by atoms with E-state index in [9.17, 15) is 23.7 Å². The summed E-state index contributed by atoms with van der Waals surface area (Å²) >= 11 is 1.76. The fourth-order valence-electron chi connectivity index (χ4n) is 7.92. The quantitative estimate of drug-likeness (QED) is 0.0365. The molecule has 0 spiro atoms. The van der Waals surface area contributed by atoms with E-state index in [4.69, 9.17) is 33.9 Å². The van der Waals surface area contributed by atoms with Gasteiger partial charge in [-0.05, 0) is 78.4 Å². The average Bonchev–Trinajstić information content (AvgIpc) is 3.90. The number of methoxy groups -OCH3 is 2. The molecule has 3 unspecified atom stereocenters. The highest BCUT2D eigenvalue weighted by atomic mass is 32.7. The molecule has 19 heteroatoms. The molecule has 2 aliphatic rings. The van der Waals surface area contributed by atoms with Crippen LogP contribution in [0.1, 0.15) is 66.5 Å². The zero-order chi connectivity index (χ0) is 45.6. The molecule has 0 bridgehead atoms. The van der Waals surface area contributed by atoms with Crippen LogP contribution in [0.4, 0.5) is 0 Å². The predicted molar refractivity (Wildman–Crippen MR) is 241 cm³/mol. The smallest absolute Gasteiger partial charge is 0.389 e. The van der Waals surface area contributed by atoms with Crippen LogP contribution in [0.25, 0.3) is 0 Å². The maximum atomic E-state index is 15.0. The summed E-state index contributed by atoms with van der Waals surface area (Å²) in [5.41, 5.74) is -0.844. The van der Waals surface area contributed by atoms with Crippen LogP contribution < -0.4 is 32.0 Å². The van der Waals surface area contributed by atoms with Gasteiger partial charge in [0.05, 0.1) is 39.1 Å². The number of H-pyrrole nitrogens is 2. The number of aromatic nitrogens is 4. The normalized spacial score (nSPS) is 22.4. The SMILES string of the molecule is [3H]SCCSP(=O)(OC[C@H]1O[C@@H](n2cc(C)c(=O)[nH]c2=O)CC1OC(c1ccccc1)(c1ccc(OC)cc1)c1ccc(OC)cc1)OC1C[C@H](n2cc(C)c(=O)[nH]c2=O)O[C@@H]1CC. The number of nitrogens with zero attached hydrogens (tertiary/aromatic N) is 2. The minimum Gasteiger partial charge on any atom is -0.497 e. The molecule has 63 heavy (non-hydrogen) atoms. The lowest BCUT2D eigenvalue weighted by atomic mass is 9.79. The standard InChI is InChI=1S/C44H51N4O12PS2/c1-6-34-36(23-39(57-34)48-25-28(3)41(50)46-43(48)52)60-61(53,63-21-20-62)56-26-37-35(22-38(58-37)47-24-27(2)40(49)45-42(47)51)59-44(29-10-8-7-9-11-29,30-12-16-32(54-4)17-13-30)31-14-18-33(55-5)19-15-31/h7-19,24-25,34-39,62H,6,20-23,26H2,1-5H3,(H,45,49,51)(H,46,50,52)/t34-,35?,36?,37-,38-,39-,61?/m1/s1/i/hT. The summed E-state index contributed by atoms with van der Waals surface area (Å²) in [5, 5.41) is 0. The lowest BCUT2D eigenvalue weighted by Crippen LogP contribution is -2.41. The number of ether oxygens (including phenoxy) is 5. The molecule has 2 saturated heterocycles. The number of aromatic amines is 2. The first-order valence-corrected chi connectivity index (χ1v) is 24.2. The minimum atomic E-state index is -4.12. The van der Waals surface area contributed by atoms with E-state index in [1.54, 1.807) is 28.1 Å². The molecule has 2 fully saturated rings. The van der Waals surface area contributed by atoms with Crippen molar-refractivity contribution >= 4 is 30.7 Å². The predicted octanol–water partition coefficient (Wildman–Crippen LogP) is 6.26. The lowest BCUT2D eigenvalue weighted by Gasteiger charge is -2.39. The third kappa shape index (κ3) is 10.0. The summed E-state index contributed by atoms with van der Waals surface area (Å²) in [6.07, 6.45) is -1.49. The Kier molecular flexibility index (Phi) is 14.3. The highest BCUT2D eigenvalue weighted by Gasteiger charge is 2.48. The summed E-state index contributed by atoms with van der Waals surface area (Å²) in [4.78, 5) is 55.5. The van der Waals surface area contributed by atoms with Crippen molar-refractivity contribution < 1.29 is 37.3 Å². The number of nitrogens with one attached hydrogen (secondary N) is 2. The summed E-state index contributed by atoms with van der Waals surface area (Å²) in [5.74, 6) is 1.82. The van der Waals surface area contributed by atoms with Gasteiger partial charge in [-0.1, -0.05) is 61.5 Å². The van der Waals surface area contributed by atoms with E-state index in [0.29, 0.717) is 34.8 Å². The Labute approximate surface area is 374 Å². The van der Waals surface area contributed by atoms with E-state index in [1.165, 1.54) is 21.5 Å². The van der Waals surface area contributed by atoms with E-state index in [2.05, 4.69) is 9.97 Å². The zero-order valence-corrected chi connectivity index (χ0v) is 38.0. The average molecular weight is 925 g/mol. The van der Waals surface area contributed by atoms with Crippen LogP contribution in [-0.4, -0.2) is 77.0 Å². The molecular formula is C44H51N4O12PS2. The topological polar surface area (TPSA) is 191 Å². The number of hydrogen-bond acceptors (Lipinski definition) is 14. The Bertz CT molecular complexity index is 2620. The number of rotatable bonds is 19. The largest absolute Gasteiger partial charge is 0.497 e.